The molecule has 0 spiro atoms. The van der Waals surface area contributed by atoms with Crippen molar-refractivity contribution in [2.45, 2.75) is 13.5 Å². The van der Waals surface area contributed by atoms with E-state index in [0.717, 1.165) is 16.6 Å². The number of benzene rings is 1. The van der Waals surface area contributed by atoms with Crippen LogP contribution in [0.4, 0.5) is 0 Å². The summed E-state index contributed by atoms with van der Waals surface area (Å²) in [6.07, 6.45) is 0. The van der Waals surface area contributed by atoms with Gasteiger partial charge in [-0.05, 0) is 12.1 Å². The van der Waals surface area contributed by atoms with E-state index in [1.165, 1.54) is 0 Å². The SMILES string of the molecule is CCS(=O)(=O)CCNCc1ccc2ccccc2n1. The molecule has 0 aliphatic carbocycles. The summed E-state index contributed by atoms with van der Waals surface area (Å²) in [5.74, 6) is 0.375. The number of rotatable bonds is 6. The van der Waals surface area contributed by atoms with E-state index in [1.54, 1.807) is 6.92 Å². The molecule has 1 heterocycles. The zero-order valence-corrected chi connectivity index (χ0v) is 11.8. The molecule has 1 N–H and O–H groups in total. The fourth-order valence-electron chi connectivity index (χ4n) is 1.80. The smallest absolute Gasteiger partial charge is 0.151 e. The average Bonchev–Trinajstić information content (AvgIpc) is 2.43. The summed E-state index contributed by atoms with van der Waals surface area (Å²) in [4.78, 5) is 4.52. The summed E-state index contributed by atoms with van der Waals surface area (Å²) in [6, 6.07) is 11.9. The molecule has 5 heteroatoms. The van der Waals surface area contributed by atoms with Crippen molar-refractivity contribution < 1.29 is 8.42 Å². The Bertz CT molecular complexity index is 653. The number of fused-ring (bicyclic) bond motifs is 1. The van der Waals surface area contributed by atoms with E-state index in [-0.39, 0.29) is 11.5 Å². The minimum absolute atomic E-state index is 0.178. The van der Waals surface area contributed by atoms with Gasteiger partial charge in [-0.25, -0.2) is 8.42 Å². The number of hydrogen-bond donors (Lipinski definition) is 1. The average molecular weight is 278 g/mol. The van der Waals surface area contributed by atoms with Crippen LogP contribution in [0.2, 0.25) is 0 Å². The topological polar surface area (TPSA) is 59.1 Å². The summed E-state index contributed by atoms with van der Waals surface area (Å²) in [6.45, 7) is 2.72. The number of nitrogens with zero attached hydrogens (tertiary/aromatic N) is 1. The van der Waals surface area contributed by atoms with Gasteiger partial charge >= 0.3 is 0 Å². The number of para-hydroxylation sites is 1. The molecule has 0 aliphatic rings. The minimum Gasteiger partial charge on any atom is -0.310 e. The minimum atomic E-state index is -2.89. The summed E-state index contributed by atoms with van der Waals surface area (Å²) in [5, 5.41) is 4.23. The number of nitrogens with one attached hydrogen (secondary N) is 1. The predicted molar refractivity (Wildman–Crippen MR) is 77.8 cm³/mol. The number of aromatic nitrogens is 1. The third-order valence-corrected chi connectivity index (χ3v) is 4.70. The quantitative estimate of drug-likeness (QED) is 0.818. The van der Waals surface area contributed by atoms with Crippen LogP contribution in [-0.2, 0) is 16.4 Å². The molecule has 0 amide bonds. The van der Waals surface area contributed by atoms with E-state index >= 15 is 0 Å². The van der Waals surface area contributed by atoms with E-state index in [4.69, 9.17) is 0 Å². The van der Waals surface area contributed by atoms with Gasteiger partial charge in [-0.3, -0.25) is 4.98 Å². The molecular weight excluding hydrogens is 260 g/mol. The van der Waals surface area contributed by atoms with Gasteiger partial charge in [0.1, 0.15) is 0 Å². The summed E-state index contributed by atoms with van der Waals surface area (Å²) in [5.41, 5.74) is 1.88. The summed E-state index contributed by atoms with van der Waals surface area (Å²) in [7, 11) is -2.89. The maximum absolute atomic E-state index is 11.3. The Balaban J connectivity index is 1.91. The first-order valence-corrected chi connectivity index (χ1v) is 8.19. The van der Waals surface area contributed by atoms with E-state index in [0.29, 0.717) is 13.1 Å². The molecule has 0 unspecified atom stereocenters. The second-order valence-electron chi connectivity index (χ2n) is 4.41. The van der Waals surface area contributed by atoms with Gasteiger partial charge in [0, 0.05) is 24.2 Å². The van der Waals surface area contributed by atoms with Crippen molar-refractivity contribution >= 4 is 20.7 Å². The van der Waals surface area contributed by atoms with Crippen molar-refractivity contribution in [2.75, 3.05) is 18.1 Å². The third kappa shape index (κ3) is 4.01. The molecule has 0 atom stereocenters. The Morgan fingerprint density at radius 2 is 1.95 bits per heavy atom. The third-order valence-electron chi connectivity index (χ3n) is 2.99. The van der Waals surface area contributed by atoms with Crippen LogP contribution >= 0.6 is 0 Å². The van der Waals surface area contributed by atoms with Gasteiger partial charge in [0.2, 0.25) is 0 Å². The van der Waals surface area contributed by atoms with E-state index < -0.39 is 9.84 Å². The largest absolute Gasteiger partial charge is 0.310 e. The van der Waals surface area contributed by atoms with Crippen LogP contribution in [0.15, 0.2) is 36.4 Å². The van der Waals surface area contributed by atoms with E-state index in [2.05, 4.69) is 10.3 Å². The molecule has 102 valence electrons. The Morgan fingerprint density at radius 3 is 2.74 bits per heavy atom. The molecule has 19 heavy (non-hydrogen) atoms. The van der Waals surface area contributed by atoms with Crippen LogP contribution in [0.1, 0.15) is 12.6 Å². The molecule has 0 bridgehead atoms. The van der Waals surface area contributed by atoms with Gasteiger partial charge in [-0.1, -0.05) is 31.2 Å². The first kappa shape index (κ1) is 14.0. The highest BCUT2D eigenvalue weighted by atomic mass is 32.2. The molecule has 0 radical (unpaired) electrons. The molecule has 2 aromatic rings. The molecule has 0 fully saturated rings. The first-order valence-electron chi connectivity index (χ1n) is 6.36. The van der Waals surface area contributed by atoms with Crippen LogP contribution in [0.3, 0.4) is 0 Å². The zero-order valence-electron chi connectivity index (χ0n) is 11.0. The van der Waals surface area contributed by atoms with Gasteiger partial charge < -0.3 is 5.32 Å². The fourth-order valence-corrected chi connectivity index (χ4v) is 2.54. The molecule has 0 saturated heterocycles. The van der Waals surface area contributed by atoms with E-state index in [1.807, 2.05) is 36.4 Å². The first-order chi connectivity index (χ1) is 9.11. The van der Waals surface area contributed by atoms with Crippen LogP contribution in [0.25, 0.3) is 10.9 Å². The molecule has 1 aromatic heterocycles. The Labute approximate surface area is 113 Å². The highest BCUT2D eigenvalue weighted by Gasteiger charge is 2.06. The Kier molecular flexibility index (Phi) is 4.50. The lowest BCUT2D eigenvalue weighted by Gasteiger charge is -2.05. The maximum atomic E-state index is 11.3. The van der Waals surface area contributed by atoms with Crippen molar-refractivity contribution in [1.82, 2.24) is 10.3 Å². The number of pyridine rings is 1. The van der Waals surface area contributed by atoms with Crippen LogP contribution in [0, 0.1) is 0 Å². The second-order valence-corrected chi connectivity index (χ2v) is 6.88. The summed E-state index contributed by atoms with van der Waals surface area (Å²) >= 11 is 0. The Hall–Kier alpha value is -1.46. The normalized spacial score (nSPS) is 11.8. The van der Waals surface area contributed by atoms with Crippen molar-refractivity contribution in [1.29, 1.82) is 0 Å². The predicted octanol–water partition coefficient (Wildman–Crippen LogP) is 1.76. The number of hydrogen-bond acceptors (Lipinski definition) is 4. The van der Waals surface area contributed by atoms with Crippen molar-refractivity contribution in [3.63, 3.8) is 0 Å². The molecule has 1 aromatic carbocycles. The molecule has 2 rings (SSSR count). The van der Waals surface area contributed by atoms with Gasteiger partial charge in [0.25, 0.3) is 0 Å². The zero-order chi connectivity index (χ0) is 13.7. The van der Waals surface area contributed by atoms with Crippen LogP contribution in [-0.4, -0.2) is 31.5 Å². The monoisotopic (exact) mass is 278 g/mol. The van der Waals surface area contributed by atoms with Crippen molar-refractivity contribution in [3.05, 3.63) is 42.1 Å². The van der Waals surface area contributed by atoms with Gasteiger partial charge in [-0.15, -0.1) is 0 Å². The summed E-state index contributed by atoms with van der Waals surface area (Å²) < 4.78 is 22.7. The van der Waals surface area contributed by atoms with Crippen LogP contribution < -0.4 is 5.32 Å². The standard InChI is InChI=1S/C14H18N2O2S/c1-2-19(17,18)10-9-15-11-13-8-7-12-5-3-4-6-14(12)16-13/h3-8,15H,2,9-11H2,1H3. The van der Waals surface area contributed by atoms with Crippen molar-refractivity contribution in [3.8, 4) is 0 Å². The lowest BCUT2D eigenvalue weighted by Crippen LogP contribution is -2.23. The fraction of sp³-hybridized carbons (Fsp3) is 0.357. The lowest BCUT2D eigenvalue weighted by molar-refractivity contribution is 0.591. The molecule has 4 nitrogen and oxygen atoms in total. The maximum Gasteiger partial charge on any atom is 0.151 e. The second kappa shape index (κ2) is 6.12. The van der Waals surface area contributed by atoms with Crippen molar-refractivity contribution in [2.24, 2.45) is 0 Å². The lowest BCUT2D eigenvalue weighted by atomic mass is 10.2. The van der Waals surface area contributed by atoms with Crippen LogP contribution in [0.5, 0.6) is 0 Å². The highest BCUT2D eigenvalue weighted by molar-refractivity contribution is 7.91. The highest BCUT2D eigenvalue weighted by Crippen LogP contribution is 2.11. The van der Waals surface area contributed by atoms with Gasteiger partial charge in [-0.2, -0.15) is 0 Å². The molecule has 0 saturated carbocycles. The molecule has 0 aliphatic heterocycles. The van der Waals surface area contributed by atoms with Gasteiger partial charge in [0.15, 0.2) is 9.84 Å². The van der Waals surface area contributed by atoms with Gasteiger partial charge in [0.05, 0.1) is 17.0 Å². The Morgan fingerprint density at radius 1 is 1.16 bits per heavy atom. The van der Waals surface area contributed by atoms with E-state index in [9.17, 15) is 8.42 Å². The molecular formula is C14H18N2O2S. The number of sulfone groups is 1.